The Hall–Kier alpha value is -0.880. The van der Waals surface area contributed by atoms with Gasteiger partial charge in [-0.15, -0.1) is 0 Å². The summed E-state index contributed by atoms with van der Waals surface area (Å²) in [5.74, 6) is 0.545. The molecule has 0 radical (unpaired) electrons. The summed E-state index contributed by atoms with van der Waals surface area (Å²) in [7, 11) is 0. The number of rotatable bonds is 6. The summed E-state index contributed by atoms with van der Waals surface area (Å²) in [5, 5.41) is 8.35. The van der Waals surface area contributed by atoms with Crippen molar-refractivity contribution >= 4 is 6.29 Å². The molecule has 0 bridgehead atoms. The summed E-state index contributed by atoms with van der Waals surface area (Å²) in [6.45, 7) is 6.24. The minimum atomic E-state index is 0.444. The predicted octanol–water partition coefficient (Wildman–Crippen LogP) is 1.06. The Kier molecular flexibility index (Phi) is 6.31. The number of hydrogen-bond donors (Lipinski definition) is 0. The van der Waals surface area contributed by atoms with Crippen molar-refractivity contribution < 1.29 is 4.79 Å². The van der Waals surface area contributed by atoms with Crippen molar-refractivity contribution in [2.75, 3.05) is 19.6 Å². The highest BCUT2D eigenvalue weighted by Crippen LogP contribution is 1.98. The Labute approximate surface area is 74.0 Å². The van der Waals surface area contributed by atoms with E-state index in [1.807, 2.05) is 4.90 Å². The van der Waals surface area contributed by atoms with Gasteiger partial charge in [-0.25, -0.2) is 0 Å². The lowest BCUT2D eigenvalue weighted by Gasteiger charge is -2.19. The maximum atomic E-state index is 10.2. The van der Waals surface area contributed by atoms with Crippen LogP contribution in [0.3, 0.4) is 0 Å². The molecule has 3 heteroatoms. The molecular formula is C9H16N2O. The highest BCUT2D eigenvalue weighted by atomic mass is 16.1. The second-order valence-corrected chi connectivity index (χ2v) is 3.23. The molecule has 0 aromatic heterocycles. The fourth-order valence-corrected chi connectivity index (χ4v) is 1.09. The Morgan fingerprint density at radius 1 is 1.58 bits per heavy atom. The third-order valence-electron chi connectivity index (χ3n) is 1.50. The second-order valence-electron chi connectivity index (χ2n) is 3.23. The van der Waals surface area contributed by atoms with Gasteiger partial charge in [0.1, 0.15) is 6.29 Å². The minimum Gasteiger partial charge on any atom is -0.302 e. The topological polar surface area (TPSA) is 44.1 Å². The Balaban J connectivity index is 3.70. The van der Waals surface area contributed by atoms with Gasteiger partial charge in [-0.05, 0) is 5.92 Å². The molecule has 0 aliphatic rings. The molecule has 3 nitrogen and oxygen atoms in total. The minimum absolute atomic E-state index is 0.444. The van der Waals surface area contributed by atoms with Crippen LogP contribution in [-0.4, -0.2) is 30.8 Å². The third-order valence-corrected chi connectivity index (χ3v) is 1.50. The molecule has 0 aromatic carbocycles. The maximum absolute atomic E-state index is 10.2. The van der Waals surface area contributed by atoms with Gasteiger partial charge in [0.05, 0.1) is 12.6 Å². The lowest BCUT2D eigenvalue weighted by molar-refractivity contribution is -0.108. The molecule has 0 heterocycles. The number of nitrogens with zero attached hydrogens (tertiary/aromatic N) is 2. The van der Waals surface area contributed by atoms with E-state index in [9.17, 15) is 4.79 Å². The van der Waals surface area contributed by atoms with Crippen LogP contribution in [-0.2, 0) is 4.79 Å². The summed E-state index contributed by atoms with van der Waals surface area (Å²) >= 11 is 0. The molecule has 0 unspecified atom stereocenters. The van der Waals surface area contributed by atoms with Gasteiger partial charge < -0.3 is 4.79 Å². The first-order chi connectivity index (χ1) is 5.70. The van der Waals surface area contributed by atoms with Gasteiger partial charge in [0.25, 0.3) is 0 Å². The van der Waals surface area contributed by atoms with E-state index in [-0.39, 0.29) is 0 Å². The summed E-state index contributed by atoms with van der Waals surface area (Å²) in [4.78, 5) is 12.2. The first-order valence-electron chi connectivity index (χ1n) is 4.23. The zero-order chi connectivity index (χ0) is 9.40. The van der Waals surface area contributed by atoms with Crippen LogP contribution in [0.2, 0.25) is 0 Å². The van der Waals surface area contributed by atoms with Crippen LogP contribution < -0.4 is 0 Å². The van der Waals surface area contributed by atoms with E-state index >= 15 is 0 Å². The molecule has 12 heavy (non-hydrogen) atoms. The highest BCUT2D eigenvalue weighted by molar-refractivity contribution is 5.51. The van der Waals surface area contributed by atoms with Gasteiger partial charge in [0.2, 0.25) is 0 Å². The number of carbonyl (C=O) groups excluding carboxylic acids is 1. The molecule has 0 N–H and O–H groups in total. The van der Waals surface area contributed by atoms with E-state index in [2.05, 4.69) is 19.9 Å². The standard InChI is InChI=1S/C9H16N2O/c1-9(2)8-11(6-7-12)5-3-4-10/h7,9H,3,5-6,8H2,1-2H3. The van der Waals surface area contributed by atoms with Crippen LogP contribution in [0.4, 0.5) is 0 Å². The zero-order valence-electron chi connectivity index (χ0n) is 7.79. The van der Waals surface area contributed by atoms with Crippen LogP contribution in [0.25, 0.3) is 0 Å². The normalized spacial score (nSPS) is 10.2. The first-order valence-corrected chi connectivity index (χ1v) is 4.23. The quantitative estimate of drug-likeness (QED) is 0.557. The fraction of sp³-hybridized carbons (Fsp3) is 0.778. The Morgan fingerprint density at radius 2 is 2.25 bits per heavy atom. The first kappa shape index (κ1) is 11.1. The second kappa shape index (κ2) is 6.81. The van der Waals surface area contributed by atoms with Gasteiger partial charge in [-0.3, -0.25) is 4.90 Å². The number of nitriles is 1. The van der Waals surface area contributed by atoms with Crippen LogP contribution in [0.15, 0.2) is 0 Å². The molecule has 0 atom stereocenters. The van der Waals surface area contributed by atoms with Gasteiger partial charge in [-0.1, -0.05) is 13.8 Å². The largest absolute Gasteiger partial charge is 0.302 e. The van der Waals surface area contributed by atoms with E-state index in [4.69, 9.17) is 5.26 Å². The number of aldehydes is 1. The van der Waals surface area contributed by atoms with Crippen molar-refractivity contribution in [1.82, 2.24) is 4.90 Å². The summed E-state index contributed by atoms with van der Waals surface area (Å²) in [6.07, 6.45) is 1.39. The third kappa shape index (κ3) is 5.87. The van der Waals surface area contributed by atoms with Crippen LogP contribution in [0, 0.1) is 17.2 Å². The zero-order valence-corrected chi connectivity index (χ0v) is 7.79. The maximum Gasteiger partial charge on any atom is 0.133 e. The predicted molar refractivity (Wildman–Crippen MR) is 47.6 cm³/mol. The SMILES string of the molecule is CC(C)CN(CC=O)CCC#N. The lowest BCUT2D eigenvalue weighted by Crippen LogP contribution is -2.30. The molecule has 0 rings (SSSR count). The van der Waals surface area contributed by atoms with E-state index in [1.165, 1.54) is 0 Å². The molecule has 0 aromatic rings. The van der Waals surface area contributed by atoms with Crippen molar-refractivity contribution in [2.45, 2.75) is 20.3 Å². The average Bonchev–Trinajstić information content (AvgIpc) is 2.00. The fourth-order valence-electron chi connectivity index (χ4n) is 1.09. The smallest absolute Gasteiger partial charge is 0.133 e. The molecule has 0 spiro atoms. The van der Waals surface area contributed by atoms with Crippen molar-refractivity contribution in [3.63, 3.8) is 0 Å². The molecular weight excluding hydrogens is 152 g/mol. The van der Waals surface area contributed by atoms with E-state index in [1.54, 1.807) is 0 Å². The van der Waals surface area contributed by atoms with Gasteiger partial charge in [-0.2, -0.15) is 5.26 Å². The van der Waals surface area contributed by atoms with Crippen molar-refractivity contribution in [3.8, 4) is 6.07 Å². The van der Waals surface area contributed by atoms with Crippen LogP contribution >= 0.6 is 0 Å². The lowest BCUT2D eigenvalue weighted by atomic mass is 10.2. The van der Waals surface area contributed by atoms with E-state index in [0.717, 1.165) is 12.8 Å². The van der Waals surface area contributed by atoms with Crippen LogP contribution in [0.5, 0.6) is 0 Å². The number of hydrogen-bond acceptors (Lipinski definition) is 3. The Bertz CT molecular complexity index is 160. The molecule has 0 fully saturated rings. The summed E-state index contributed by atoms with van der Waals surface area (Å²) < 4.78 is 0. The van der Waals surface area contributed by atoms with Crippen molar-refractivity contribution in [3.05, 3.63) is 0 Å². The Morgan fingerprint density at radius 3 is 2.67 bits per heavy atom. The van der Waals surface area contributed by atoms with E-state index in [0.29, 0.717) is 25.4 Å². The summed E-state index contributed by atoms with van der Waals surface area (Å²) in [5.41, 5.74) is 0. The molecule has 0 amide bonds. The molecule has 0 saturated carbocycles. The van der Waals surface area contributed by atoms with Gasteiger partial charge in [0, 0.05) is 19.5 Å². The van der Waals surface area contributed by atoms with Crippen LogP contribution in [0.1, 0.15) is 20.3 Å². The molecule has 0 aliphatic heterocycles. The average molecular weight is 168 g/mol. The summed E-state index contributed by atoms with van der Waals surface area (Å²) in [6, 6.07) is 2.07. The van der Waals surface area contributed by atoms with E-state index < -0.39 is 0 Å². The van der Waals surface area contributed by atoms with Gasteiger partial charge in [0.15, 0.2) is 0 Å². The van der Waals surface area contributed by atoms with Crippen molar-refractivity contribution in [1.29, 1.82) is 5.26 Å². The number of carbonyl (C=O) groups is 1. The molecule has 0 saturated heterocycles. The highest BCUT2D eigenvalue weighted by Gasteiger charge is 2.05. The molecule has 0 aliphatic carbocycles. The molecule has 68 valence electrons. The van der Waals surface area contributed by atoms with Gasteiger partial charge >= 0.3 is 0 Å². The van der Waals surface area contributed by atoms with Crippen molar-refractivity contribution in [2.24, 2.45) is 5.92 Å². The monoisotopic (exact) mass is 168 g/mol.